The zero-order valence-corrected chi connectivity index (χ0v) is 14.4. The van der Waals surface area contributed by atoms with E-state index in [2.05, 4.69) is 36.6 Å². The standard InChI is InChI=1S/C18H29N3O2/c1-13(2)14-4-6-15(7-5-14)16(19)12-21-17(22)18(23-3)8-10-20-11-9-18/h4-7,13,16,20H,8-12,19H2,1-3H3,(H,21,22). The molecule has 1 amide bonds. The number of rotatable bonds is 6. The number of carbonyl (C=O) groups is 1. The predicted molar refractivity (Wildman–Crippen MR) is 92.3 cm³/mol. The maximum atomic E-state index is 12.5. The van der Waals surface area contributed by atoms with Gasteiger partial charge in [0.15, 0.2) is 0 Å². The van der Waals surface area contributed by atoms with Gasteiger partial charge in [-0.15, -0.1) is 0 Å². The molecule has 1 aromatic carbocycles. The van der Waals surface area contributed by atoms with Crippen molar-refractivity contribution in [1.29, 1.82) is 0 Å². The number of piperidine rings is 1. The summed E-state index contributed by atoms with van der Waals surface area (Å²) in [5.41, 5.74) is 7.82. The van der Waals surface area contributed by atoms with Gasteiger partial charge in [0.05, 0.1) is 0 Å². The first-order valence-electron chi connectivity index (χ1n) is 8.38. The van der Waals surface area contributed by atoms with Crippen LogP contribution in [0.4, 0.5) is 0 Å². The van der Waals surface area contributed by atoms with E-state index in [-0.39, 0.29) is 11.9 Å². The van der Waals surface area contributed by atoms with Crippen molar-refractivity contribution in [3.63, 3.8) is 0 Å². The molecule has 0 radical (unpaired) electrons. The van der Waals surface area contributed by atoms with Crippen molar-refractivity contribution in [2.75, 3.05) is 26.7 Å². The van der Waals surface area contributed by atoms with E-state index in [1.807, 2.05) is 12.1 Å². The number of amides is 1. The molecule has 5 heteroatoms. The Bertz CT molecular complexity index is 508. The van der Waals surface area contributed by atoms with E-state index in [1.54, 1.807) is 7.11 Å². The van der Waals surface area contributed by atoms with E-state index >= 15 is 0 Å². The van der Waals surface area contributed by atoms with Crippen LogP contribution in [0.1, 0.15) is 49.8 Å². The van der Waals surface area contributed by atoms with Crippen LogP contribution in [-0.2, 0) is 9.53 Å². The third kappa shape index (κ3) is 4.31. The van der Waals surface area contributed by atoms with Crippen molar-refractivity contribution in [3.05, 3.63) is 35.4 Å². The van der Waals surface area contributed by atoms with Crippen molar-refractivity contribution in [1.82, 2.24) is 10.6 Å². The number of methoxy groups -OCH3 is 1. The minimum atomic E-state index is -0.716. The Morgan fingerprint density at radius 1 is 1.26 bits per heavy atom. The van der Waals surface area contributed by atoms with Crippen LogP contribution in [0.5, 0.6) is 0 Å². The number of nitrogens with two attached hydrogens (primary N) is 1. The second-order valence-corrected chi connectivity index (χ2v) is 6.59. The maximum Gasteiger partial charge on any atom is 0.252 e. The third-order valence-electron chi connectivity index (χ3n) is 4.73. The van der Waals surface area contributed by atoms with Gasteiger partial charge in [-0.25, -0.2) is 0 Å². The number of hydrogen-bond donors (Lipinski definition) is 3. The number of nitrogens with one attached hydrogen (secondary N) is 2. The summed E-state index contributed by atoms with van der Waals surface area (Å²) in [6.07, 6.45) is 1.38. The van der Waals surface area contributed by atoms with E-state index < -0.39 is 5.60 Å². The largest absolute Gasteiger partial charge is 0.368 e. The van der Waals surface area contributed by atoms with Gasteiger partial charge in [-0.2, -0.15) is 0 Å². The van der Waals surface area contributed by atoms with E-state index in [0.29, 0.717) is 25.3 Å². The van der Waals surface area contributed by atoms with Gasteiger partial charge in [-0.05, 0) is 43.0 Å². The van der Waals surface area contributed by atoms with Crippen LogP contribution in [0.25, 0.3) is 0 Å². The molecule has 5 nitrogen and oxygen atoms in total. The van der Waals surface area contributed by atoms with Gasteiger partial charge in [0.2, 0.25) is 0 Å². The zero-order valence-electron chi connectivity index (χ0n) is 14.4. The molecule has 0 spiro atoms. The molecule has 1 fully saturated rings. The van der Waals surface area contributed by atoms with Crippen LogP contribution >= 0.6 is 0 Å². The fraction of sp³-hybridized carbons (Fsp3) is 0.611. The van der Waals surface area contributed by atoms with E-state index in [0.717, 1.165) is 18.7 Å². The van der Waals surface area contributed by atoms with Crippen molar-refractivity contribution in [2.45, 2.75) is 44.2 Å². The Morgan fingerprint density at radius 3 is 2.35 bits per heavy atom. The molecule has 1 atom stereocenters. The molecule has 1 unspecified atom stereocenters. The lowest BCUT2D eigenvalue weighted by Gasteiger charge is -2.35. The molecular formula is C18H29N3O2. The second kappa shape index (κ2) is 7.90. The quantitative estimate of drug-likeness (QED) is 0.746. The Hall–Kier alpha value is -1.43. The molecule has 1 heterocycles. The summed E-state index contributed by atoms with van der Waals surface area (Å²) in [7, 11) is 1.61. The van der Waals surface area contributed by atoms with E-state index in [9.17, 15) is 4.79 Å². The summed E-state index contributed by atoms with van der Waals surface area (Å²) < 4.78 is 5.53. The Kier molecular flexibility index (Phi) is 6.16. The summed E-state index contributed by atoms with van der Waals surface area (Å²) in [6, 6.07) is 8.08. The molecule has 1 aromatic rings. The molecule has 0 bridgehead atoms. The van der Waals surface area contributed by atoms with Gasteiger partial charge >= 0.3 is 0 Å². The minimum Gasteiger partial charge on any atom is -0.368 e. The van der Waals surface area contributed by atoms with Gasteiger partial charge in [0.1, 0.15) is 5.60 Å². The van der Waals surface area contributed by atoms with Gasteiger partial charge in [-0.3, -0.25) is 4.79 Å². The molecule has 4 N–H and O–H groups in total. The Labute approximate surface area is 139 Å². The maximum absolute atomic E-state index is 12.5. The van der Waals surface area contributed by atoms with E-state index in [1.165, 1.54) is 5.56 Å². The van der Waals surface area contributed by atoms with Gasteiger partial charge in [0.25, 0.3) is 5.91 Å². The lowest BCUT2D eigenvalue weighted by molar-refractivity contribution is -0.146. The molecule has 2 rings (SSSR count). The van der Waals surface area contributed by atoms with E-state index in [4.69, 9.17) is 10.5 Å². The summed E-state index contributed by atoms with van der Waals surface area (Å²) in [5.74, 6) is 0.442. The van der Waals surface area contributed by atoms with Gasteiger partial charge in [-0.1, -0.05) is 38.1 Å². The summed E-state index contributed by atoms with van der Waals surface area (Å²) in [4.78, 5) is 12.5. The van der Waals surface area contributed by atoms with Crippen molar-refractivity contribution < 1.29 is 9.53 Å². The average Bonchev–Trinajstić information content (AvgIpc) is 2.59. The number of hydrogen-bond acceptors (Lipinski definition) is 4. The molecule has 0 aliphatic carbocycles. The minimum absolute atomic E-state index is 0.0595. The fourth-order valence-corrected chi connectivity index (χ4v) is 2.96. The summed E-state index contributed by atoms with van der Waals surface area (Å²) in [6.45, 7) is 6.34. The highest BCUT2D eigenvalue weighted by atomic mass is 16.5. The van der Waals surface area contributed by atoms with Crippen LogP contribution in [0.2, 0.25) is 0 Å². The Balaban J connectivity index is 1.92. The molecular weight excluding hydrogens is 290 g/mol. The van der Waals surface area contributed by atoms with Crippen molar-refractivity contribution in [3.8, 4) is 0 Å². The highest BCUT2D eigenvalue weighted by Gasteiger charge is 2.39. The SMILES string of the molecule is COC1(C(=O)NCC(N)c2ccc(C(C)C)cc2)CCNCC1. The Morgan fingerprint density at radius 2 is 1.83 bits per heavy atom. The molecule has 0 saturated carbocycles. The normalized spacial score (nSPS) is 18.7. The lowest BCUT2D eigenvalue weighted by atomic mass is 9.91. The smallest absolute Gasteiger partial charge is 0.252 e. The molecule has 1 aliphatic rings. The zero-order chi connectivity index (χ0) is 16.9. The molecule has 23 heavy (non-hydrogen) atoms. The highest BCUT2D eigenvalue weighted by molar-refractivity contribution is 5.85. The first-order chi connectivity index (χ1) is 11.0. The van der Waals surface area contributed by atoms with Gasteiger partial charge in [0, 0.05) is 19.7 Å². The highest BCUT2D eigenvalue weighted by Crippen LogP contribution is 2.23. The second-order valence-electron chi connectivity index (χ2n) is 6.59. The number of benzene rings is 1. The lowest BCUT2D eigenvalue weighted by Crippen LogP contribution is -2.54. The first-order valence-corrected chi connectivity index (χ1v) is 8.38. The van der Waals surface area contributed by atoms with Crippen molar-refractivity contribution in [2.24, 2.45) is 5.73 Å². The fourth-order valence-electron chi connectivity index (χ4n) is 2.96. The average molecular weight is 319 g/mol. The third-order valence-corrected chi connectivity index (χ3v) is 4.73. The van der Waals surface area contributed by atoms with Crippen LogP contribution < -0.4 is 16.4 Å². The predicted octanol–water partition coefficient (Wildman–Crippen LogP) is 1.69. The molecule has 1 aliphatic heterocycles. The summed E-state index contributed by atoms with van der Waals surface area (Å²) >= 11 is 0. The molecule has 1 saturated heterocycles. The van der Waals surface area contributed by atoms with Crippen molar-refractivity contribution >= 4 is 5.91 Å². The first kappa shape index (κ1) is 17.9. The monoisotopic (exact) mass is 319 g/mol. The van der Waals surface area contributed by atoms with Crippen LogP contribution in [0, 0.1) is 0 Å². The topological polar surface area (TPSA) is 76.4 Å². The van der Waals surface area contributed by atoms with Crippen LogP contribution in [-0.4, -0.2) is 38.3 Å². The number of carbonyl (C=O) groups excluding carboxylic acids is 1. The van der Waals surface area contributed by atoms with Gasteiger partial charge < -0.3 is 21.1 Å². The molecule has 0 aromatic heterocycles. The summed E-state index contributed by atoms with van der Waals surface area (Å²) in [5, 5.41) is 6.21. The van der Waals surface area contributed by atoms with Crippen LogP contribution in [0.3, 0.4) is 0 Å². The molecule has 128 valence electrons. The number of ether oxygens (including phenoxy) is 1. The van der Waals surface area contributed by atoms with Crippen LogP contribution in [0.15, 0.2) is 24.3 Å².